The molecule has 2 N–H and O–H groups in total. The van der Waals surface area contributed by atoms with Gasteiger partial charge in [0, 0.05) is 23.6 Å². The van der Waals surface area contributed by atoms with Crippen LogP contribution in [-0.4, -0.2) is 16.0 Å². The van der Waals surface area contributed by atoms with Crippen LogP contribution < -0.4 is 5.32 Å². The van der Waals surface area contributed by atoms with Crippen LogP contribution in [0.15, 0.2) is 53.3 Å². The van der Waals surface area contributed by atoms with Gasteiger partial charge < -0.3 is 14.8 Å². The van der Waals surface area contributed by atoms with E-state index in [0.29, 0.717) is 23.3 Å². The number of nitrogens with zero attached hydrogens (tertiary/aromatic N) is 1. The molecule has 5 nitrogen and oxygen atoms in total. The van der Waals surface area contributed by atoms with Crippen molar-refractivity contribution < 1.29 is 14.3 Å². The number of hydrogen-bond donors (Lipinski definition) is 2. The molecule has 0 unspecified atom stereocenters. The van der Waals surface area contributed by atoms with Gasteiger partial charge in [0.15, 0.2) is 0 Å². The quantitative estimate of drug-likeness (QED) is 0.720. The van der Waals surface area contributed by atoms with Crippen LogP contribution in [0.1, 0.15) is 43.6 Å². The number of benzene rings is 1. The zero-order valence-electron chi connectivity index (χ0n) is 13.5. The largest absolute Gasteiger partial charge is 0.505 e. The third-order valence-electron chi connectivity index (χ3n) is 3.98. The molecule has 5 heteroatoms. The van der Waals surface area contributed by atoms with E-state index in [0.717, 1.165) is 18.2 Å². The molecule has 1 aromatic carbocycles. The summed E-state index contributed by atoms with van der Waals surface area (Å²) in [6, 6.07) is 10.4. The molecule has 0 saturated carbocycles. The summed E-state index contributed by atoms with van der Waals surface area (Å²) in [5, 5.41) is 14.4. The first kappa shape index (κ1) is 16.1. The summed E-state index contributed by atoms with van der Waals surface area (Å²) in [6.45, 7) is 2.04. The van der Waals surface area contributed by atoms with Gasteiger partial charge in [-0.3, -0.25) is 9.78 Å². The normalized spacial score (nSPS) is 12.2. The Bertz CT molecular complexity index is 828. The summed E-state index contributed by atoms with van der Waals surface area (Å²) >= 11 is 0. The van der Waals surface area contributed by atoms with E-state index in [2.05, 4.69) is 10.3 Å². The van der Waals surface area contributed by atoms with Gasteiger partial charge >= 0.3 is 0 Å². The molecular weight excluding hydrogens is 304 g/mol. The van der Waals surface area contributed by atoms with E-state index in [-0.39, 0.29) is 11.7 Å². The van der Waals surface area contributed by atoms with Crippen LogP contribution in [0.5, 0.6) is 5.75 Å². The van der Waals surface area contributed by atoms with Gasteiger partial charge in [-0.25, -0.2) is 0 Å². The second kappa shape index (κ2) is 7.17. The van der Waals surface area contributed by atoms with E-state index >= 15 is 0 Å². The van der Waals surface area contributed by atoms with Gasteiger partial charge in [0.1, 0.15) is 23.1 Å². The van der Waals surface area contributed by atoms with Crippen LogP contribution in [0.4, 0.5) is 0 Å². The Morgan fingerprint density at radius 1 is 1.29 bits per heavy atom. The second-order valence-electron chi connectivity index (χ2n) is 5.70. The van der Waals surface area contributed by atoms with Gasteiger partial charge in [-0.05, 0) is 24.6 Å². The summed E-state index contributed by atoms with van der Waals surface area (Å²) in [4.78, 5) is 16.4. The Balaban J connectivity index is 1.99. The number of furan rings is 1. The molecule has 0 spiro atoms. The SMILES string of the molecule is CCCCC(=O)N[C@@H](c1ccco1)c1ccc2cccnc2c1O. The summed E-state index contributed by atoms with van der Waals surface area (Å²) in [5.41, 5.74) is 1.08. The number of nitrogens with one attached hydrogen (secondary N) is 1. The summed E-state index contributed by atoms with van der Waals surface area (Å²) in [5.74, 6) is 0.564. The molecule has 1 amide bonds. The number of phenols is 1. The molecule has 1 atom stereocenters. The van der Waals surface area contributed by atoms with Crippen molar-refractivity contribution >= 4 is 16.8 Å². The fourth-order valence-corrected chi connectivity index (χ4v) is 2.71. The van der Waals surface area contributed by atoms with Gasteiger partial charge in [-0.2, -0.15) is 0 Å². The Morgan fingerprint density at radius 2 is 2.17 bits per heavy atom. The molecule has 0 aliphatic heterocycles. The van der Waals surface area contributed by atoms with Crippen LogP contribution >= 0.6 is 0 Å². The zero-order chi connectivity index (χ0) is 16.9. The summed E-state index contributed by atoms with van der Waals surface area (Å²) in [7, 11) is 0. The van der Waals surface area contributed by atoms with Gasteiger partial charge in [0.05, 0.1) is 6.26 Å². The Morgan fingerprint density at radius 3 is 2.92 bits per heavy atom. The van der Waals surface area contributed by atoms with Gasteiger partial charge in [0.25, 0.3) is 0 Å². The minimum absolute atomic E-state index is 0.0605. The second-order valence-corrected chi connectivity index (χ2v) is 5.70. The van der Waals surface area contributed by atoms with Crippen molar-refractivity contribution in [1.29, 1.82) is 0 Å². The standard InChI is InChI=1S/C19H20N2O3/c1-2-3-8-16(22)21-18(15-7-5-12-24-15)14-10-9-13-6-4-11-20-17(13)19(14)23/h4-7,9-12,18,23H,2-3,8H2,1H3,(H,21,22)/t18-/m1/s1. The Labute approximate surface area is 140 Å². The molecule has 0 bridgehead atoms. The fourth-order valence-electron chi connectivity index (χ4n) is 2.71. The molecular formula is C19H20N2O3. The van der Waals surface area contributed by atoms with Crippen molar-refractivity contribution in [2.75, 3.05) is 0 Å². The molecule has 2 heterocycles. The number of pyridine rings is 1. The predicted octanol–water partition coefficient (Wildman–Crippen LogP) is 3.93. The van der Waals surface area contributed by atoms with E-state index in [9.17, 15) is 9.90 Å². The third-order valence-corrected chi connectivity index (χ3v) is 3.98. The van der Waals surface area contributed by atoms with Crippen LogP contribution in [0.2, 0.25) is 0 Å². The topological polar surface area (TPSA) is 75.4 Å². The summed E-state index contributed by atoms with van der Waals surface area (Å²) in [6.07, 6.45) is 5.40. The predicted molar refractivity (Wildman–Crippen MR) is 91.6 cm³/mol. The van der Waals surface area contributed by atoms with Crippen molar-refractivity contribution in [2.24, 2.45) is 0 Å². The number of amides is 1. The number of rotatable bonds is 6. The van der Waals surface area contributed by atoms with E-state index in [1.54, 1.807) is 30.7 Å². The smallest absolute Gasteiger partial charge is 0.220 e. The minimum atomic E-state index is -0.546. The molecule has 3 rings (SSSR count). The molecule has 0 fully saturated rings. The van der Waals surface area contributed by atoms with Crippen LogP contribution in [-0.2, 0) is 4.79 Å². The highest BCUT2D eigenvalue weighted by molar-refractivity contribution is 5.86. The molecule has 3 aromatic rings. The van der Waals surface area contributed by atoms with E-state index < -0.39 is 6.04 Å². The lowest BCUT2D eigenvalue weighted by molar-refractivity contribution is -0.121. The highest BCUT2D eigenvalue weighted by Gasteiger charge is 2.23. The van der Waals surface area contributed by atoms with Crippen molar-refractivity contribution in [2.45, 2.75) is 32.2 Å². The number of carbonyl (C=O) groups is 1. The van der Waals surface area contributed by atoms with Gasteiger partial charge in [-0.15, -0.1) is 0 Å². The number of aromatic hydroxyl groups is 1. The van der Waals surface area contributed by atoms with E-state index in [4.69, 9.17) is 4.42 Å². The molecule has 0 radical (unpaired) electrons. The average Bonchev–Trinajstić information content (AvgIpc) is 3.13. The lowest BCUT2D eigenvalue weighted by Crippen LogP contribution is -2.28. The van der Waals surface area contributed by atoms with Gasteiger partial charge in [0.2, 0.25) is 5.91 Å². The minimum Gasteiger partial charge on any atom is -0.505 e. The number of phenolic OH excluding ortho intramolecular Hbond substituents is 1. The molecule has 2 aromatic heterocycles. The number of hydrogen-bond acceptors (Lipinski definition) is 4. The monoisotopic (exact) mass is 324 g/mol. The molecule has 0 saturated heterocycles. The number of unbranched alkanes of at least 4 members (excludes halogenated alkanes) is 1. The lowest BCUT2D eigenvalue weighted by atomic mass is 10.0. The van der Waals surface area contributed by atoms with Crippen LogP contribution in [0, 0.1) is 0 Å². The van der Waals surface area contributed by atoms with Crippen molar-refractivity contribution in [1.82, 2.24) is 10.3 Å². The molecule has 124 valence electrons. The van der Waals surface area contributed by atoms with E-state index in [1.165, 1.54) is 0 Å². The van der Waals surface area contributed by atoms with Gasteiger partial charge in [-0.1, -0.05) is 31.5 Å². The number of aromatic nitrogens is 1. The molecule has 0 aliphatic carbocycles. The Hall–Kier alpha value is -2.82. The maximum Gasteiger partial charge on any atom is 0.220 e. The molecule has 24 heavy (non-hydrogen) atoms. The highest BCUT2D eigenvalue weighted by Crippen LogP contribution is 2.34. The lowest BCUT2D eigenvalue weighted by Gasteiger charge is -2.19. The number of carbonyl (C=O) groups excluding carboxylic acids is 1. The van der Waals surface area contributed by atoms with Crippen molar-refractivity contribution in [3.05, 3.63) is 60.2 Å². The highest BCUT2D eigenvalue weighted by atomic mass is 16.3. The maximum atomic E-state index is 12.2. The Kier molecular flexibility index (Phi) is 4.79. The van der Waals surface area contributed by atoms with Crippen molar-refractivity contribution in [3.8, 4) is 5.75 Å². The summed E-state index contributed by atoms with van der Waals surface area (Å²) < 4.78 is 5.48. The zero-order valence-corrected chi connectivity index (χ0v) is 13.5. The first-order valence-electron chi connectivity index (χ1n) is 8.10. The van der Waals surface area contributed by atoms with Crippen molar-refractivity contribution in [3.63, 3.8) is 0 Å². The first-order valence-corrected chi connectivity index (χ1v) is 8.10. The molecule has 0 aliphatic rings. The maximum absolute atomic E-state index is 12.2. The van der Waals surface area contributed by atoms with Crippen LogP contribution in [0.3, 0.4) is 0 Å². The average molecular weight is 324 g/mol. The van der Waals surface area contributed by atoms with Crippen LogP contribution in [0.25, 0.3) is 10.9 Å². The number of fused-ring (bicyclic) bond motifs is 1. The first-order chi connectivity index (χ1) is 11.7. The fraction of sp³-hybridized carbons (Fsp3) is 0.263. The van der Waals surface area contributed by atoms with E-state index in [1.807, 2.05) is 25.1 Å². The third kappa shape index (κ3) is 3.25.